The molecule has 0 saturated carbocycles. The number of nitrogens with one attached hydrogen (secondary N) is 4. The molecular formula is C22H41N7O7. The third-order valence-corrected chi connectivity index (χ3v) is 5.35. The summed E-state index contributed by atoms with van der Waals surface area (Å²) in [7, 11) is 0. The number of aliphatic carboxylic acids is 1. The summed E-state index contributed by atoms with van der Waals surface area (Å²) in [6.07, 6.45) is 1.36. The van der Waals surface area contributed by atoms with Crippen molar-refractivity contribution in [2.24, 2.45) is 23.1 Å². The molecule has 0 bridgehead atoms. The SMILES string of the molecule is CC(C)[C@H](NC(=O)[C@@H](N)CCCCN)C(=O)N[C@@H](C)C(=O)N[C@@H](C)C(=O)N[C@@H](CCC(N)=O)C(=O)O. The van der Waals surface area contributed by atoms with Crippen molar-refractivity contribution in [3.05, 3.63) is 0 Å². The predicted molar refractivity (Wildman–Crippen MR) is 131 cm³/mol. The van der Waals surface area contributed by atoms with Gasteiger partial charge in [-0.15, -0.1) is 0 Å². The van der Waals surface area contributed by atoms with Crippen LogP contribution >= 0.6 is 0 Å². The Morgan fingerprint density at radius 3 is 1.75 bits per heavy atom. The molecule has 11 N–H and O–H groups in total. The lowest BCUT2D eigenvalue weighted by Gasteiger charge is -2.25. The summed E-state index contributed by atoms with van der Waals surface area (Å²) in [5, 5.41) is 18.9. The van der Waals surface area contributed by atoms with E-state index in [0.29, 0.717) is 19.4 Å². The molecule has 0 spiro atoms. The molecule has 14 heteroatoms. The predicted octanol–water partition coefficient (Wildman–Crippen LogP) is -2.57. The van der Waals surface area contributed by atoms with Crippen LogP contribution in [-0.4, -0.2) is 77.4 Å². The normalized spacial score (nSPS) is 15.1. The molecule has 0 saturated heterocycles. The number of carbonyl (C=O) groups excluding carboxylic acids is 5. The fourth-order valence-corrected chi connectivity index (χ4v) is 3.05. The molecule has 206 valence electrons. The van der Waals surface area contributed by atoms with Crippen LogP contribution in [0.15, 0.2) is 0 Å². The highest BCUT2D eigenvalue weighted by atomic mass is 16.4. The molecule has 0 aromatic carbocycles. The Morgan fingerprint density at radius 1 is 0.750 bits per heavy atom. The zero-order chi connectivity index (χ0) is 28.0. The lowest BCUT2D eigenvalue weighted by atomic mass is 10.0. The molecule has 5 amide bonds. The molecule has 0 aliphatic heterocycles. The van der Waals surface area contributed by atoms with Gasteiger partial charge < -0.3 is 43.6 Å². The lowest BCUT2D eigenvalue weighted by Crippen LogP contribution is -2.58. The van der Waals surface area contributed by atoms with Crippen molar-refractivity contribution in [3.8, 4) is 0 Å². The molecule has 0 fully saturated rings. The van der Waals surface area contributed by atoms with Crippen molar-refractivity contribution in [1.29, 1.82) is 0 Å². The van der Waals surface area contributed by atoms with E-state index in [0.717, 1.165) is 6.42 Å². The zero-order valence-electron chi connectivity index (χ0n) is 21.3. The number of rotatable bonds is 17. The number of amides is 5. The first kappa shape index (κ1) is 32.7. The average molecular weight is 516 g/mol. The van der Waals surface area contributed by atoms with Gasteiger partial charge in [0.15, 0.2) is 0 Å². The van der Waals surface area contributed by atoms with Gasteiger partial charge in [-0.3, -0.25) is 24.0 Å². The van der Waals surface area contributed by atoms with E-state index in [-0.39, 0.29) is 18.8 Å². The van der Waals surface area contributed by atoms with Crippen LogP contribution in [0.3, 0.4) is 0 Å². The molecule has 14 nitrogen and oxygen atoms in total. The van der Waals surface area contributed by atoms with Crippen molar-refractivity contribution in [3.63, 3.8) is 0 Å². The molecule has 0 rings (SSSR count). The largest absolute Gasteiger partial charge is 0.480 e. The maximum absolute atomic E-state index is 12.7. The molecule has 0 aromatic heterocycles. The molecule has 0 aromatic rings. The van der Waals surface area contributed by atoms with E-state index in [2.05, 4.69) is 21.3 Å². The second-order valence-corrected chi connectivity index (χ2v) is 8.99. The van der Waals surface area contributed by atoms with Gasteiger partial charge in [-0.1, -0.05) is 20.3 Å². The van der Waals surface area contributed by atoms with Gasteiger partial charge in [0.1, 0.15) is 24.2 Å². The van der Waals surface area contributed by atoms with Gasteiger partial charge in [0.05, 0.1) is 6.04 Å². The Hall–Kier alpha value is -3.26. The number of primary amides is 1. The van der Waals surface area contributed by atoms with E-state index in [1.54, 1.807) is 13.8 Å². The Bertz CT molecular complexity index is 791. The number of nitrogens with two attached hydrogens (primary N) is 3. The van der Waals surface area contributed by atoms with Gasteiger partial charge in [-0.2, -0.15) is 0 Å². The van der Waals surface area contributed by atoms with Crippen LogP contribution < -0.4 is 38.5 Å². The summed E-state index contributed by atoms with van der Waals surface area (Å²) < 4.78 is 0. The lowest BCUT2D eigenvalue weighted by molar-refractivity contribution is -0.142. The van der Waals surface area contributed by atoms with E-state index < -0.39 is 65.7 Å². The van der Waals surface area contributed by atoms with Crippen molar-refractivity contribution < 1.29 is 33.9 Å². The van der Waals surface area contributed by atoms with Crippen molar-refractivity contribution in [1.82, 2.24) is 21.3 Å². The van der Waals surface area contributed by atoms with Crippen LogP contribution in [0.25, 0.3) is 0 Å². The first-order chi connectivity index (χ1) is 16.7. The van der Waals surface area contributed by atoms with Gasteiger partial charge in [-0.05, 0) is 45.6 Å². The minimum atomic E-state index is -1.36. The van der Waals surface area contributed by atoms with Gasteiger partial charge in [0, 0.05) is 6.42 Å². The second-order valence-electron chi connectivity index (χ2n) is 8.99. The van der Waals surface area contributed by atoms with E-state index in [9.17, 15) is 33.9 Å². The fourth-order valence-electron chi connectivity index (χ4n) is 3.05. The Labute approximate surface area is 210 Å². The van der Waals surface area contributed by atoms with Crippen LogP contribution in [-0.2, 0) is 28.8 Å². The van der Waals surface area contributed by atoms with Crippen LogP contribution in [0.5, 0.6) is 0 Å². The minimum absolute atomic E-state index is 0.206. The third-order valence-electron chi connectivity index (χ3n) is 5.35. The molecule has 0 aliphatic rings. The molecule has 5 atom stereocenters. The quantitative estimate of drug-likeness (QED) is 0.0946. The Balaban J connectivity index is 4.94. The van der Waals surface area contributed by atoms with Crippen molar-refractivity contribution >= 4 is 35.5 Å². The first-order valence-corrected chi connectivity index (χ1v) is 11.9. The van der Waals surface area contributed by atoms with Gasteiger partial charge >= 0.3 is 5.97 Å². The molecule has 0 aliphatic carbocycles. The summed E-state index contributed by atoms with van der Waals surface area (Å²) in [6.45, 7) is 6.65. The third kappa shape index (κ3) is 12.4. The zero-order valence-corrected chi connectivity index (χ0v) is 21.3. The van der Waals surface area contributed by atoms with Gasteiger partial charge in [0.25, 0.3) is 0 Å². The molecule has 0 unspecified atom stereocenters. The molecule has 0 radical (unpaired) electrons. The molecule has 0 heterocycles. The highest BCUT2D eigenvalue weighted by molar-refractivity contribution is 5.95. The standard InChI is InChI=1S/C22H41N7O7/c1-11(2)17(29-20(33)14(24)7-5-6-10-23)21(34)27-12(3)18(31)26-13(4)19(32)28-15(22(35)36)8-9-16(25)30/h11-15,17H,5-10,23-24H2,1-4H3,(H2,25,30)(H,26,31)(H,27,34)(H,28,32)(H,29,33)(H,35,36)/t12-,13-,14-,15-,17-/m0/s1. The van der Waals surface area contributed by atoms with E-state index in [1.165, 1.54) is 13.8 Å². The van der Waals surface area contributed by atoms with Crippen LogP contribution in [0.2, 0.25) is 0 Å². The summed E-state index contributed by atoms with van der Waals surface area (Å²) in [5.41, 5.74) is 16.3. The van der Waals surface area contributed by atoms with Crippen LogP contribution in [0, 0.1) is 5.92 Å². The molecule has 36 heavy (non-hydrogen) atoms. The number of hydrogen-bond acceptors (Lipinski definition) is 8. The number of carboxylic acid groups (broad SMARTS) is 1. The van der Waals surface area contributed by atoms with Gasteiger partial charge in [-0.25, -0.2) is 4.79 Å². The van der Waals surface area contributed by atoms with Gasteiger partial charge in [0.2, 0.25) is 29.5 Å². The number of unbranched alkanes of at least 4 members (excludes halogenated alkanes) is 1. The molecular weight excluding hydrogens is 474 g/mol. The second kappa shape index (κ2) is 16.4. The maximum Gasteiger partial charge on any atom is 0.326 e. The monoisotopic (exact) mass is 515 g/mol. The fraction of sp³-hybridized carbons (Fsp3) is 0.727. The number of hydrogen-bond donors (Lipinski definition) is 8. The summed E-state index contributed by atoms with van der Waals surface area (Å²) in [5.74, 6) is -4.98. The minimum Gasteiger partial charge on any atom is -0.480 e. The number of carbonyl (C=O) groups is 6. The highest BCUT2D eigenvalue weighted by Crippen LogP contribution is 2.05. The van der Waals surface area contributed by atoms with E-state index in [4.69, 9.17) is 17.2 Å². The maximum atomic E-state index is 12.7. The number of carboxylic acids is 1. The first-order valence-electron chi connectivity index (χ1n) is 11.9. The summed E-state index contributed by atoms with van der Waals surface area (Å²) >= 11 is 0. The Morgan fingerprint density at radius 2 is 1.28 bits per heavy atom. The van der Waals surface area contributed by atoms with Crippen molar-refractivity contribution in [2.45, 2.75) is 90.0 Å². The highest BCUT2D eigenvalue weighted by Gasteiger charge is 2.30. The Kier molecular flexibility index (Phi) is 14.9. The van der Waals surface area contributed by atoms with Crippen LogP contribution in [0.1, 0.15) is 59.8 Å². The topological polar surface area (TPSA) is 249 Å². The summed E-state index contributed by atoms with van der Waals surface area (Å²) in [6, 6.07) is -5.33. The summed E-state index contributed by atoms with van der Waals surface area (Å²) in [4.78, 5) is 72.1. The van der Waals surface area contributed by atoms with E-state index in [1.807, 2.05) is 0 Å². The average Bonchev–Trinajstić information content (AvgIpc) is 2.78. The smallest absolute Gasteiger partial charge is 0.326 e. The van der Waals surface area contributed by atoms with E-state index >= 15 is 0 Å². The van der Waals surface area contributed by atoms with Crippen LogP contribution in [0.4, 0.5) is 0 Å². The van der Waals surface area contributed by atoms with Crippen molar-refractivity contribution in [2.75, 3.05) is 6.54 Å².